The lowest BCUT2D eigenvalue weighted by atomic mass is 9.98. The van der Waals surface area contributed by atoms with Crippen molar-refractivity contribution in [3.63, 3.8) is 0 Å². The molecule has 1 aromatic carbocycles. The summed E-state index contributed by atoms with van der Waals surface area (Å²) in [4.78, 5) is 28.3. The Morgan fingerprint density at radius 3 is 2.64 bits per heavy atom. The van der Waals surface area contributed by atoms with E-state index in [-0.39, 0.29) is 11.8 Å². The van der Waals surface area contributed by atoms with Gasteiger partial charge >= 0.3 is 5.97 Å². The number of amides is 1. The number of carboxylic acids is 1. The molecular formula is C17H20N2O3. The van der Waals surface area contributed by atoms with Crippen LogP contribution in [-0.4, -0.2) is 28.0 Å². The van der Waals surface area contributed by atoms with Gasteiger partial charge in [-0.1, -0.05) is 38.5 Å². The van der Waals surface area contributed by atoms with Gasteiger partial charge in [0, 0.05) is 11.1 Å². The van der Waals surface area contributed by atoms with Crippen molar-refractivity contribution in [2.45, 2.75) is 33.2 Å². The maximum atomic E-state index is 12.5. The average Bonchev–Trinajstić information content (AvgIpc) is 2.50. The van der Waals surface area contributed by atoms with Crippen molar-refractivity contribution < 1.29 is 14.7 Å². The molecule has 0 saturated carbocycles. The molecule has 1 heterocycles. The molecule has 2 aromatic rings. The SMILES string of the molecule is CC[C@H](C)[C@H](NC(=O)c1cc(C)nc2ccccc12)C(=O)O. The summed E-state index contributed by atoms with van der Waals surface area (Å²) in [5, 5.41) is 12.7. The highest BCUT2D eigenvalue weighted by Crippen LogP contribution is 2.19. The summed E-state index contributed by atoms with van der Waals surface area (Å²) >= 11 is 0. The number of fused-ring (bicyclic) bond motifs is 1. The molecule has 5 nitrogen and oxygen atoms in total. The van der Waals surface area contributed by atoms with E-state index in [1.54, 1.807) is 6.07 Å². The first-order chi connectivity index (χ1) is 10.4. The Labute approximate surface area is 129 Å². The van der Waals surface area contributed by atoms with Crippen LogP contribution in [0.2, 0.25) is 0 Å². The third-order valence-electron chi connectivity index (χ3n) is 3.85. The van der Waals surface area contributed by atoms with Gasteiger partial charge in [-0.25, -0.2) is 4.79 Å². The number of benzene rings is 1. The number of aromatic nitrogens is 1. The number of hydrogen-bond acceptors (Lipinski definition) is 3. The maximum absolute atomic E-state index is 12.5. The van der Waals surface area contributed by atoms with Crippen molar-refractivity contribution in [2.75, 3.05) is 0 Å². The molecule has 1 aromatic heterocycles. The fourth-order valence-corrected chi connectivity index (χ4v) is 2.40. The Bertz CT molecular complexity index is 712. The van der Waals surface area contributed by atoms with E-state index >= 15 is 0 Å². The normalized spacial score (nSPS) is 13.6. The van der Waals surface area contributed by atoms with Crippen LogP contribution in [0.25, 0.3) is 10.9 Å². The monoisotopic (exact) mass is 300 g/mol. The van der Waals surface area contributed by atoms with Gasteiger partial charge < -0.3 is 10.4 Å². The van der Waals surface area contributed by atoms with Crippen molar-refractivity contribution in [1.29, 1.82) is 0 Å². The smallest absolute Gasteiger partial charge is 0.326 e. The highest BCUT2D eigenvalue weighted by Gasteiger charge is 2.26. The van der Waals surface area contributed by atoms with E-state index in [0.717, 1.165) is 16.6 Å². The zero-order valence-electron chi connectivity index (χ0n) is 13.0. The Hall–Kier alpha value is -2.43. The van der Waals surface area contributed by atoms with Crippen molar-refractivity contribution in [2.24, 2.45) is 5.92 Å². The van der Waals surface area contributed by atoms with Crippen LogP contribution < -0.4 is 5.32 Å². The first-order valence-corrected chi connectivity index (χ1v) is 7.34. The lowest BCUT2D eigenvalue weighted by Crippen LogP contribution is -2.45. The molecule has 2 rings (SSSR count). The number of aliphatic carboxylic acids is 1. The quantitative estimate of drug-likeness (QED) is 0.890. The number of hydrogen-bond donors (Lipinski definition) is 2. The molecule has 22 heavy (non-hydrogen) atoms. The first kappa shape index (κ1) is 15.9. The molecule has 116 valence electrons. The van der Waals surface area contributed by atoms with Gasteiger partial charge in [0.2, 0.25) is 0 Å². The molecule has 0 aliphatic carbocycles. The van der Waals surface area contributed by atoms with Gasteiger partial charge in [0.25, 0.3) is 5.91 Å². The largest absolute Gasteiger partial charge is 0.480 e. The van der Waals surface area contributed by atoms with Gasteiger partial charge in [-0.2, -0.15) is 0 Å². The Morgan fingerprint density at radius 2 is 2.00 bits per heavy atom. The molecule has 0 saturated heterocycles. The van der Waals surface area contributed by atoms with Gasteiger partial charge in [0.1, 0.15) is 6.04 Å². The number of aryl methyl sites for hydroxylation is 1. The molecule has 0 fully saturated rings. The summed E-state index contributed by atoms with van der Waals surface area (Å²) in [5.74, 6) is -1.54. The molecular weight excluding hydrogens is 280 g/mol. The van der Waals surface area contributed by atoms with Crippen LogP contribution >= 0.6 is 0 Å². The molecule has 2 atom stereocenters. The van der Waals surface area contributed by atoms with E-state index < -0.39 is 12.0 Å². The molecule has 2 N–H and O–H groups in total. The summed E-state index contributed by atoms with van der Waals surface area (Å²) in [5.41, 5.74) is 1.90. The van der Waals surface area contributed by atoms with Gasteiger partial charge in [-0.15, -0.1) is 0 Å². The van der Waals surface area contributed by atoms with E-state index in [1.807, 2.05) is 45.0 Å². The standard InChI is InChI=1S/C17H20N2O3/c1-4-10(2)15(17(21)22)19-16(20)13-9-11(3)18-14-8-6-5-7-12(13)14/h5-10,15H,4H2,1-3H3,(H,19,20)(H,21,22)/t10-,15-/m0/s1. The molecule has 5 heteroatoms. The molecule has 0 spiro atoms. The Balaban J connectivity index is 2.39. The van der Waals surface area contributed by atoms with Crippen LogP contribution in [0, 0.1) is 12.8 Å². The number of pyridine rings is 1. The summed E-state index contributed by atoms with van der Waals surface area (Å²) in [6.45, 7) is 5.53. The third-order valence-corrected chi connectivity index (χ3v) is 3.85. The average molecular weight is 300 g/mol. The fourth-order valence-electron chi connectivity index (χ4n) is 2.40. The highest BCUT2D eigenvalue weighted by atomic mass is 16.4. The number of carbonyl (C=O) groups excluding carboxylic acids is 1. The van der Waals surface area contributed by atoms with Gasteiger partial charge in [-0.3, -0.25) is 9.78 Å². The van der Waals surface area contributed by atoms with Crippen molar-refractivity contribution >= 4 is 22.8 Å². The highest BCUT2D eigenvalue weighted by molar-refractivity contribution is 6.07. The van der Waals surface area contributed by atoms with Crippen LogP contribution in [0.3, 0.4) is 0 Å². The molecule has 0 aliphatic heterocycles. The molecule has 0 bridgehead atoms. The summed E-state index contributed by atoms with van der Waals surface area (Å²) < 4.78 is 0. The topological polar surface area (TPSA) is 79.3 Å². The maximum Gasteiger partial charge on any atom is 0.326 e. The second kappa shape index (κ2) is 6.56. The second-order valence-corrected chi connectivity index (χ2v) is 5.50. The number of rotatable bonds is 5. The van der Waals surface area contributed by atoms with Crippen LogP contribution in [-0.2, 0) is 4.79 Å². The van der Waals surface area contributed by atoms with Crippen LogP contribution in [0.15, 0.2) is 30.3 Å². The van der Waals surface area contributed by atoms with Crippen LogP contribution in [0.4, 0.5) is 0 Å². The van der Waals surface area contributed by atoms with E-state index in [9.17, 15) is 14.7 Å². The van der Waals surface area contributed by atoms with Crippen molar-refractivity contribution in [3.05, 3.63) is 41.6 Å². The summed E-state index contributed by atoms with van der Waals surface area (Å²) in [6.07, 6.45) is 0.674. The van der Waals surface area contributed by atoms with Gasteiger partial charge in [0.15, 0.2) is 0 Å². The predicted octanol–water partition coefficient (Wildman–Crippen LogP) is 2.77. The lowest BCUT2D eigenvalue weighted by Gasteiger charge is -2.20. The zero-order valence-corrected chi connectivity index (χ0v) is 13.0. The molecule has 0 aliphatic rings. The molecule has 0 radical (unpaired) electrons. The minimum absolute atomic E-state index is 0.143. The zero-order chi connectivity index (χ0) is 16.3. The third kappa shape index (κ3) is 3.24. The first-order valence-electron chi connectivity index (χ1n) is 7.34. The number of carbonyl (C=O) groups is 2. The minimum Gasteiger partial charge on any atom is -0.480 e. The van der Waals surface area contributed by atoms with E-state index in [0.29, 0.717) is 12.0 Å². The second-order valence-electron chi connectivity index (χ2n) is 5.50. The van der Waals surface area contributed by atoms with Gasteiger partial charge in [0.05, 0.1) is 11.1 Å². The van der Waals surface area contributed by atoms with Crippen LogP contribution in [0.1, 0.15) is 36.3 Å². The number of carboxylic acid groups (broad SMARTS) is 1. The summed E-state index contributed by atoms with van der Waals surface area (Å²) in [6, 6.07) is 8.13. The number of nitrogens with zero attached hydrogens (tertiary/aromatic N) is 1. The molecule has 0 unspecified atom stereocenters. The van der Waals surface area contributed by atoms with Crippen molar-refractivity contribution in [3.8, 4) is 0 Å². The predicted molar refractivity (Wildman–Crippen MR) is 84.8 cm³/mol. The van der Waals surface area contributed by atoms with E-state index in [2.05, 4.69) is 10.3 Å². The Kier molecular flexibility index (Phi) is 4.75. The number of para-hydroxylation sites is 1. The van der Waals surface area contributed by atoms with E-state index in [1.165, 1.54) is 0 Å². The lowest BCUT2D eigenvalue weighted by molar-refractivity contribution is -0.140. The number of nitrogens with one attached hydrogen (secondary N) is 1. The van der Waals surface area contributed by atoms with E-state index in [4.69, 9.17) is 0 Å². The molecule has 1 amide bonds. The minimum atomic E-state index is -1.02. The fraction of sp³-hybridized carbons (Fsp3) is 0.353. The van der Waals surface area contributed by atoms with Crippen LogP contribution in [0.5, 0.6) is 0 Å². The van der Waals surface area contributed by atoms with Gasteiger partial charge in [-0.05, 0) is 25.0 Å². The van der Waals surface area contributed by atoms with Crippen molar-refractivity contribution in [1.82, 2.24) is 10.3 Å². The Morgan fingerprint density at radius 1 is 1.32 bits per heavy atom. The summed E-state index contributed by atoms with van der Waals surface area (Å²) in [7, 11) is 0.